The van der Waals surface area contributed by atoms with Crippen molar-refractivity contribution in [2.24, 2.45) is 5.92 Å². The molecule has 0 atom stereocenters. The van der Waals surface area contributed by atoms with Crippen LogP contribution in [0.4, 0.5) is 10.5 Å². The number of para-hydroxylation sites is 1. The van der Waals surface area contributed by atoms with Crippen LogP contribution in [0, 0.1) is 5.92 Å². The van der Waals surface area contributed by atoms with E-state index in [9.17, 15) is 4.79 Å². The van der Waals surface area contributed by atoms with Gasteiger partial charge in [0.15, 0.2) is 0 Å². The average molecular weight is 328 g/mol. The highest BCUT2D eigenvalue weighted by Gasteiger charge is 2.45. The van der Waals surface area contributed by atoms with E-state index >= 15 is 0 Å². The number of likely N-dealkylation sites (tertiary alicyclic amines) is 1. The number of benzene rings is 1. The van der Waals surface area contributed by atoms with Crippen LogP contribution in [0.2, 0.25) is 0 Å². The third kappa shape index (κ3) is 2.81. The number of ether oxygens (including phenoxy) is 1. The van der Waals surface area contributed by atoms with Gasteiger partial charge in [-0.2, -0.15) is 0 Å². The molecule has 2 fully saturated rings. The first kappa shape index (κ1) is 15.9. The summed E-state index contributed by atoms with van der Waals surface area (Å²) in [6.07, 6.45) is 8.28. The molecule has 0 radical (unpaired) electrons. The summed E-state index contributed by atoms with van der Waals surface area (Å²) in [5.74, 6) is 0.939. The largest absolute Gasteiger partial charge is 0.438 e. The zero-order valence-corrected chi connectivity index (χ0v) is 14.6. The van der Waals surface area contributed by atoms with E-state index < -0.39 is 5.60 Å². The summed E-state index contributed by atoms with van der Waals surface area (Å²) in [7, 11) is 0. The van der Waals surface area contributed by atoms with Crippen LogP contribution in [-0.4, -0.2) is 30.1 Å². The first-order chi connectivity index (χ1) is 11.7. The standard InChI is InChI=1S/C20H28N2O2/c1-2-15-7-9-16(10-8-15)22-13-11-20(12-14-22)17-5-3-4-6-18(17)21-19(23)24-20/h3-6,15-16H,2,7-14H2,1H3,(H,21,23). The Bertz CT molecular complexity index is 599. The van der Waals surface area contributed by atoms with Gasteiger partial charge in [0.25, 0.3) is 0 Å². The second kappa shape index (κ2) is 6.40. The van der Waals surface area contributed by atoms with Gasteiger partial charge in [0, 0.05) is 37.5 Å². The van der Waals surface area contributed by atoms with Crippen LogP contribution in [-0.2, 0) is 10.3 Å². The van der Waals surface area contributed by atoms with E-state index in [2.05, 4.69) is 23.2 Å². The van der Waals surface area contributed by atoms with Crippen LogP contribution in [0.25, 0.3) is 0 Å². The highest BCUT2D eigenvalue weighted by molar-refractivity contribution is 5.88. The lowest BCUT2D eigenvalue weighted by molar-refractivity contribution is -0.0497. The fourth-order valence-electron chi connectivity index (χ4n) is 4.90. The molecule has 2 aliphatic heterocycles. The highest BCUT2D eigenvalue weighted by atomic mass is 16.6. The van der Waals surface area contributed by atoms with Crippen LogP contribution < -0.4 is 5.32 Å². The summed E-state index contributed by atoms with van der Waals surface area (Å²) >= 11 is 0. The molecule has 3 aliphatic rings. The summed E-state index contributed by atoms with van der Waals surface area (Å²) in [5, 5.41) is 2.84. The first-order valence-electron chi connectivity index (χ1n) is 9.54. The van der Waals surface area contributed by atoms with Crippen molar-refractivity contribution < 1.29 is 9.53 Å². The van der Waals surface area contributed by atoms with Crippen LogP contribution >= 0.6 is 0 Å². The van der Waals surface area contributed by atoms with Crippen molar-refractivity contribution in [1.82, 2.24) is 4.90 Å². The summed E-state index contributed by atoms with van der Waals surface area (Å²) in [4.78, 5) is 14.7. The second-order valence-electron chi connectivity index (χ2n) is 7.67. The molecular weight excluding hydrogens is 300 g/mol. The minimum absolute atomic E-state index is 0.300. The topological polar surface area (TPSA) is 41.6 Å². The Morgan fingerprint density at radius 3 is 2.58 bits per heavy atom. The second-order valence-corrected chi connectivity index (χ2v) is 7.67. The Hall–Kier alpha value is -1.55. The van der Waals surface area contributed by atoms with Gasteiger partial charge in [-0.3, -0.25) is 5.32 Å². The summed E-state index contributed by atoms with van der Waals surface area (Å²) < 4.78 is 5.83. The Morgan fingerprint density at radius 2 is 1.88 bits per heavy atom. The molecule has 24 heavy (non-hydrogen) atoms. The van der Waals surface area contributed by atoms with Crippen molar-refractivity contribution in [3.05, 3.63) is 29.8 Å². The molecule has 1 saturated heterocycles. The summed E-state index contributed by atoms with van der Waals surface area (Å²) in [5.41, 5.74) is 1.65. The predicted molar refractivity (Wildman–Crippen MR) is 95.1 cm³/mol. The fourth-order valence-corrected chi connectivity index (χ4v) is 4.90. The number of carbonyl (C=O) groups is 1. The molecule has 1 N–H and O–H groups in total. The minimum atomic E-state index is -0.421. The third-order valence-corrected chi connectivity index (χ3v) is 6.46. The zero-order valence-electron chi connectivity index (χ0n) is 14.6. The SMILES string of the molecule is CCC1CCC(N2CCC3(CC2)OC(=O)Nc2ccccc23)CC1. The van der Waals surface area contributed by atoms with E-state index in [-0.39, 0.29) is 6.09 Å². The number of hydrogen-bond donors (Lipinski definition) is 1. The zero-order chi connectivity index (χ0) is 16.6. The molecular formula is C20H28N2O2. The number of carbonyl (C=O) groups excluding carboxylic acids is 1. The lowest BCUT2D eigenvalue weighted by atomic mass is 9.79. The Balaban J connectivity index is 1.45. The molecule has 1 saturated carbocycles. The molecule has 1 aromatic carbocycles. The molecule has 0 aromatic heterocycles. The van der Waals surface area contributed by atoms with Gasteiger partial charge in [0.2, 0.25) is 0 Å². The molecule has 4 nitrogen and oxygen atoms in total. The number of piperidine rings is 1. The Labute approximate surface area is 144 Å². The maximum atomic E-state index is 12.0. The van der Waals surface area contributed by atoms with Crippen LogP contribution in [0.15, 0.2) is 24.3 Å². The summed E-state index contributed by atoms with van der Waals surface area (Å²) in [6, 6.07) is 8.84. The fraction of sp³-hybridized carbons (Fsp3) is 0.650. The molecule has 1 spiro atoms. The Morgan fingerprint density at radius 1 is 1.17 bits per heavy atom. The number of anilines is 1. The van der Waals surface area contributed by atoms with E-state index in [4.69, 9.17) is 4.74 Å². The van der Waals surface area contributed by atoms with E-state index in [0.29, 0.717) is 0 Å². The van der Waals surface area contributed by atoms with Gasteiger partial charge >= 0.3 is 6.09 Å². The van der Waals surface area contributed by atoms with Gasteiger partial charge in [-0.15, -0.1) is 0 Å². The number of rotatable bonds is 2. The van der Waals surface area contributed by atoms with E-state index in [1.54, 1.807) is 0 Å². The monoisotopic (exact) mass is 328 g/mol. The predicted octanol–water partition coefficient (Wildman–Crippen LogP) is 4.51. The first-order valence-corrected chi connectivity index (χ1v) is 9.54. The molecule has 4 heteroatoms. The maximum Gasteiger partial charge on any atom is 0.412 e. The smallest absolute Gasteiger partial charge is 0.412 e. The molecule has 0 unspecified atom stereocenters. The van der Waals surface area contributed by atoms with Crippen LogP contribution in [0.5, 0.6) is 0 Å². The lowest BCUT2D eigenvalue weighted by Gasteiger charge is -2.47. The van der Waals surface area contributed by atoms with Gasteiger partial charge in [-0.25, -0.2) is 4.79 Å². The number of amides is 1. The lowest BCUT2D eigenvalue weighted by Crippen LogP contribution is -2.51. The van der Waals surface area contributed by atoms with Crippen molar-refractivity contribution in [2.45, 2.75) is 63.5 Å². The quantitative estimate of drug-likeness (QED) is 0.868. The van der Waals surface area contributed by atoms with Crippen molar-refractivity contribution in [1.29, 1.82) is 0 Å². The number of nitrogens with zero attached hydrogens (tertiary/aromatic N) is 1. The molecule has 4 rings (SSSR count). The minimum Gasteiger partial charge on any atom is -0.438 e. The van der Waals surface area contributed by atoms with Crippen molar-refractivity contribution in [3.63, 3.8) is 0 Å². The molecule has 0 bridgehead atoms. The van der Waals surface area contributed by atoms with Gasteiger partial charge in [-0.1, -0.05) is 31.5 Å². The van der Waals surface area contributed by atoms with Crippen molar-refractivity contribution in [3.8, 4) is 0 Å². The van der Waals surface area contributed by atoms with Crippen LogP contribution in [0.1, 0.15) is 57.4 Å². The van der Waals surface area contributed by atoms with Gasteiger partial charge in [0.1, 0.15) is 5.60 Å². The third-order valence-electron chi connectivity index (χ3n) is 6.46. The van der Waals surface area contributed by atoms with E-state index in [1.807, 2.05) is 18.2 Å². The van der Waals surface area contributed by atoms with E-state index in [1.165, 1.54) is 32.1 Å². The maximum absolute atomic E-state index is 12.0. The van der Waals surface area contributed by atoms with Crippen molar-refractivity contribution >= 4 is 11.8 Å². The Kier molecular flexibility index (Phi) is 4.25. The normalized spacial score (nSPS) is 29.6. The van der Waals surface area contributed by atoms with Gasteiger partial charge in [0.05, 0.1) is 5.69 Å². The van der Waals surface area contributed by atoms with Gasteiger partial charge in [-0.05, 0) is 37.7 Å². The van der Waals surface area contributed by atoms with Gasteiger partial charge < -0.3 is 9.64 Å². The molecule has 130 valence electrons. The number of nitrogens with one attached hydrogen (secondary N) is 1. The number of hydrogen-bond acceptors (Lipinski definition) is 3. The van der Waals surface area contributed by atoms with Crippen molar-refractivity contribution in [2.75, 3.05) is 18.4 Å². The molecule has 2 heterocycles. The molecule has 1 aliphatic carbocycles. The van der Waals surface area contributed by atoms with Crippen LogP contribution in [0.3, 0.4) is 0 Å². The van der Waals surface area contributed by atoms with E-state index in [0.717, 1.165) is 49.1 Å². The average Bonchev–Trinajstić information content (AvgIpc) is 2.62. The number of fused-ring (bicyclic) bond motifs is 2. The molecule has 1 amide bonds. The highest BCUT2D eigenvalue weighted by Crippen LogP contribution is 2.44. The molecule has 1 aromatic rings. The summed E-state index contributed by atoms with van der Waals surface area (Å²) in [6.45, 7) is 4.38.